The first kappa shape index (κ1) is 14.6. The summed E-state index contributed by atoms with van der Waals surface area (Å²) in [6, 6.07) is 36.1. The molecule has 0 radical (unpaired) electrons. The molecular formula is C28H18. The molecule has 0 amide bonds. The lowest BCUT2D eigenvalue weighted by Gasteiger charge is -2.32. The van der Waals surface area contributed by atoms with Gasteiger partial charge in [-0.1, -0.05) is 97.1 Å². The second-order valence-electron chi connectivity index (χ2n) is 8.07. The van der Waals surface area contributed by atoms with E-state index in [1.165, 1.54) is 50.1 Å². The molecule has 0 atom stereocenters. The average Bonchev–Trinajstić information content (AvgIpc) is 3.37. The van der Waals surface area contributed by atoms with Gasteiger partial charge in [0, 0.05) is 0 Å². The minimum atomic E-state index is -0.155. The number of fused-ring (bicyclic) bond motifs is 11. The number of hydrogen-bond donors (Lipinski definition) is 0. The van der Waals surface area contributed by atoms with Gasteiger partial charge in [0.1, 0.15) is 0 Å². The highest BCUT2D eigenvalue weighted by Crippen LogP contribution is 2.64. The molecule has 0 aromatic heterocycles. The highest BCUT2D eigenvalue weighted by atomic mass is 14.5. The molecule has 0 fully saturated rings. The van der Waals surface area contributed by atoms with Gasteiger partial charge in [0.25, 0.3) is 0 Å². The normalized spacial score (nSPS) is 16.6. The molecule has 0 unspecified atom stereocenters. The van der Waals surface area contributed by atoms with Crippen molar-refractivity contribution in [2.45, 2.75) is 11.8 Å². The molecular weight excluding hydrogens is 336 g/mol. The maximum atomic E-state index is 2.36. The first-order chi connectivity index (χ1) is 13.9. The van der Waals surface area contributed by atoms with E-state index in [0.717, 1.165) is 6.42 Å². The number of hydrogen-bond acceptors (Lipinski definition) is 0. The summed E-state index contributed by atoms with van der Waals surface area (Å²) in [4.78, 5) is 0. The standard InChI is InChI=1S/C28H18/c1-2-10-19-18(9-1)17-26-27(19)22-13-5-8-16-25(22)28(26)23-14-6-3-11-20(23)21-12-4-7-15-24(21)28/h1-16H,17H2. The van der Waals surface area contributed by atoms with Crippen LogP contribution in [0.15, 0.2) is 103 Å². The van der Waals surface area contributed by atoms with E-state index >= 15 is 0 Å². The third-order valence-corrected chi connectivity index (χ3v) is 6.96. The maximum absolute atomic E-state index is 2.36. The van der Waals surface area contributed by atoms with Crippen LogP contribution in [-0.2, 0) is 11.8 Å². The fraction of sp³-hybridized carbons (Fsp3) is 0.0714. The molecule has 1 spiro atoms. The molecule has 3 aliphatic rings. The second-order valence-corrected chi connectivity index (χ2v) is 8.07. The Balaban J connectivity index is 1.69. The topological polar surface area (TPSA) is 0 Å². The van der Waals surface area contributed by atoms with Gasteiger partial charge in [-0.2, -0.15) is 0 Å². The highest BCUT2D eigenvalue weighted by molar-refractivity contribution is 6.01. The van der Waals surface area contributed by atoms with Crippen LogP contribution in [0.1, 0.15) is 33.4 Å². The molecule has 0 bridgehead atoms. The first-order valence-electron chi connectivity index (χ1n) is 10.0. The first-order valence-corrected chi connectivity index (χ1v) is 10.0. The third kappa shape index (κ3) is 1.48. The van der Waals surface area contributed by atoms with E-state index in [1.807, 2.05) is 0 Å². The van der Waals surface area contributed by atoms with Gasteiger partial charge in [-0.05, 0) is 62.1 Å². The molecule has 7 rings (SSSR count). The van der Waals surface area contributed by atoms with Crippen molar-refractivity contribution in [1.82, 2.24) is 0 Å². The molecule has 0 saturated heterocycles. The van der Waals surface area contributed by atoms with E-state index in [-0.39, 0.29) is 5.41 Å². The zero-order valence-electron chi connectivity index (χ0n) is 15.4. The second kappa shape index (κ2) is 4.91. The van der Waals surface area contributed by atoms with E-state index in [0.29, 0.717) is 0 Å². The van der Waals surface area contributed by atoms with Crippen molar-refractivity contribution in [3.63, 3.8) is 0 Å². The van der Waals surface area contributed by atoms with Crippen molar-refractivity contribution < 1.29 is 0 Å². The van der Waals surface area contributed by atoms with Crippen molar-refractivity contribution in [2.75, 3.05) is 0 Å². The van der Waals surface area contributed by atoms with Crippen LogP contribution in [0.5, 0.6) is 0 Å². The lowest BCUT2D eigenvalue weighted by atomic mass is 9.69. The molecule has 0 N–H and O–H groups in total. The molecule has 3 aliphatic carbocycles. The van der Waals surface area contributed by atoms with Crippen LogP contribution in [0, 0.1) is 0 Å². The van der Waals surface area contributed by atoms with Crippen LogP contribution in [-0.4, -0.2) is 0 Å². The van der Waals surface area contributed by atoms with Gasteiger partial charge in [0.2, 0.25) is 0 Å². The van der Waals surface area contributed by atoms with Crippen molar-refractivity contribution in [2.24, 2.45) is 0 Å². The largest absolute Gasteiger partial charge is 0.0691 e. The van der Waals surface area contributed by atoms with E-state index in [9.17, 15) is 0 Å². The van der Waals surface area contributed by atoms with Crippen LogP contribution >= 0.6 is 0 Å². The van der Waals surface area contributed by atoms with Gasteiger partial charge < -0.3 is 0 Å². The van der Waals surface area contributed by atoms with Gasteiger partial charge in [-0.15, -0.1) is 0 Å². The Morgan fingerprint density at radius 2 is 0.929 bits per heavy atom. The Morgan fingerprint density at radius 1 is 0.464 bits per heavy atom. The summed E-state index contributed by atoms with van der Waals surface area (Å²) in [5.41, 5.74) is 14.3. The molecule has 130 valence electrons. The van der Waals surface area contributed by atoms with E-state index in [1.54, 1.807) is 5.57 Å². The van der Waals surface area contributed by atoms with Crippen LogP contribution in [0.4, 0.5) is 0 Å². The van der Waals surface area contributed by atoms with Crippen LogP contribution in [0.2, 0.25) is 0 Å². The van der Waals surface area contributed by atoms with E-state index in [2.05, 4.69) is 97.1 Å². The summed E-state index contributed by atoms with van der Waals surface area (Å²) < 4.78 is 0. The predicted octanol–water partition coefficient (Wildman–Crippen LogP) is 6.37. The van der Waals surface area contributed by atoms with Crippen molar-refractivity contribution in [3.8, 4) is 11.1 Å². The Hall–Kier alpha value is -3.38. The average molecular weight is 354 g/mol. The lowest BCUT2D eigenvalue weighted by molar-refractivity contribution is 0.745. The minimum Gasteiger partial charge on any atom is -0.0619 e. The summed E-state index contributed by atoms with van der Waals surface area (Å²) in [7, 11) is 0. The van der Waals surface area contributed by atoms with Gasteiger partial charge >= 0.3 is 0 Å². The molecule has 4 aromatic rings. The monoisotopic (exact) mass is 354 g/mol. The quantitative estimate of drug-likeness (QED) is 0.344. The van der Waals surface area contributed by atoms with Gasteiger partial charge in [0.05, 0.1) is 5.41 Å². The fourth-order valence-electron chi connectivity index (χ4n) is 6.03. The Kier molecular flexibility index (Phi) is 2.57. The summed E-state index contributed by atoms with van der Waals surface area (Å²) >= 11 is 0. The van der Waals surface area contributed by atoms with Crippen LogP contribution < -0.4 is 0 Å². The molecule has 0 saturated carbocycles. The Labute approximate surface area is 164 Å². The van der Waals surface area contributed by atoms with Gasteiger partial charge in [-0.25, -0.2) is 0 Å². The van der Waals surface area contributed by atoms with E-state index < -0.39 is 0 Å². The summed E-state index contributed by atoms with van der Waals surface area (Å²) in [5, 5.41) is 0. The van der Waals surface area contributed by atoms with E-state index in [4.69, 9.17) is 0 Å². The SMILES string of the molecule is c1ccc2c(c1)CC1=C2c2ccccc2C12c1ccccc1-c1ccccc12. The van der Waals surface area contributed by atoms with Crippen molar-refractivity contribution >= 4 is 5.57 Å². The molecule has 0 aliphatic heterocycles. The number of rotatable bonds is 0. The molecule has 0 heterocycles. The molecule has 4 aromatic carbocycles. The molecule has 28 heavy (non-hydrogen) atoms. The zero-order chi connectivity index (χ0) is 18.3. The zero-order valence-corrected chi connectivity index (χ0v) is 15.4. The molecule has 0 heteroatoms. The molecule has 0 nitrogen and oxygen atoms in total. The summed E-state index contributed by atoms with van der Waals surface area (Å²) in [5.74, 6) is 0. The highest BCUT2D eigenvalue weighted by Gasteiger charge is 2.54. The summed E-state index contributed by atoms with van der Waals surface area (Å²) in [6.07, 6.45) is 1.03. The predicted molar refractivity (Wildman–Crippen MR) is 114 cm³/mol. The minimum absolute atomic E-state index is 0.155. The van der Waals surface area contributed by atoms with Gasteiger partial charge in [0.15, 0.2) is 0 Å². The smallest absolute Gasteiger partial charge is 0.0619 e. The lowest BCUT2D eigenvalue weighted by Crippen LogP contribution is -2.28. The van der Waals surface area contributed by atoms with Gasteiger partial charge in [-0.3, -0.25) is 0 Å². The Morgan fingerprint density at radius 3 is 1.57 bits per heavy atom. The van der Waals surface area contributed by atoms with Crippen molar-refractivity contribution in [1.29, 1.82) is 0 Å². The summed E-state index contributed by atoms with van der Waals surface area (Å²) in [6.45, 7) is 0. The van der Waals surface area contributed by atoms with Crippen molar-refractivity contribution in [3.05, 3.63) is 136 Å². The fourth-order valence-corrected chi connectivity index (χ4v) is 6.03. The van der Waals surface area contributed by atoms with Crippen LogP contribution in [0.25, 0.3) is 16.7 Å². The number of benzene rings is 4. The third-order valence-electron chi connectivity index (χ3n) is 6.96. The van der Waals surface area contributed by atoms with Crippen LogP contribution in [0.3, 0.4) is 0 Å². The maximum Gasteiger partial charge on any atom is 0.0691 e. The Bertz CT molecular complexity index is 1290. The number of allylic oxidation sites excluding steroid dienone is 1.